The lowest BCUT2D eigenvalue weighted by Crippen LogP contribution is -2.13. The van der Waals surface area contributed by atoms with Gasteiger partial charge in [-0.25, -0.2) is 9.59 Å². The molecule has 0 fully saturated rings. The average Bonchev–Trinajstić information content (AvgIpc) is 2.19. The van der Waals surface area contributed by atoms with Crippen LogP contribution in [-0.2, 0) is 9.47 Å². The Hall–Kier alpha value is -1.62. The Morgan fingerprint density at radius 2 is 2.20 bits per heavy atom. The van der Waals surface area contributed by atoms with Gasteiger partial charge >= 0.3 is 12.1 Å². The Labute approximate surface area is 92.8 Å². The highest BCUT2D eigenvalue weighted by atomic mass is 35.5. The van der Waals surface area contributed by atoms with Gasteiger partial charge < -0.3 is 9.47 Å². The second-order valence-electron chi connectivity index (χ2n) is 2.31. The highest BCUT2D eigenvalue weighted by Crippen LogP contribution is 1.99. The number of nitrogens with zero attached hydrogens (tertiary/aromatic N) is 1. The largest absolute Gasteiger partial charge is 0.516 e. The van der Waals surface area contributed by atoms with E-state index < -0.39 is 12.1 Å². The Balaban J connectivity index is 0.00000196. The molecule has 5 nitrogen and oxygen atoms in total. The summed E-state index contributed by atoms with van der Waals surface area (Å²) >= 11 is 0. The summed E-state index contributed by atoms with van der Waals surface area (Å²) in [5, 5.41) is 0. The fourth-order valence-corrected chi connectivity index (χ4v) is 0.765. The number of carbonyl (C=O) groups is 2. The third-order valence-electron chi connectivity index (χ3n) is 1.34. The number of pyridine rings is 1. The fourth-order valence-electron chi connectivity index (χ4n) is 0.765. The molecule has 0 aliphatic carbocycles. The maximum atomic E-state index is 11.2. The molecule has 1 heterocycles. The van der Waals surface area contributed by atoms with Crippen molar-refractivity contribution < 1.29 is 19.1 Å². The van der Waals surface area contributed by atoms with Gasteiger partial charge in [0.1, 0.15) is 0 Å². The molecule has 0 saturated heterocycles. The second kappa shape index (κ2) is 6.78. The Bertz CT molecular complexity index is 328. The first-order valence-electron chi connectivity index (χ1n) is 4.03. The zero-order chi connectivity index (χ0) is 10.4. The molecule has 0 amide bonds. The van der Waals surface area contributed by atoms with E-state index in [1.54, 1.807) is 13.0 Å². The lowest BCUT2D eigenvalue weighted by Gasteiger charge is -2.01. The van der Waals surface area contributed by atoms with Gasteiger partial charge in [-0.1, -0.05) is 0 Å². The van der Waals surface area contributed by atoms with Crippen LogP contribution in [0.25, 0.3) is 0 Å². The molecule has 0 unspecified atom stereocenters. The zero-order valence-electron chi connectivity index (χ0n) is 8.00. The van der Waals surface area contributed by atoms with Crippen LogP contribution in [0, 0.1) is 0 Å². The van der Waals surface area contributed by atoms with Crippen LogP contribution in [0.2, 0.25) is 0 Å². The minimum Gasteiger partial charge on any atom is -0.434 e. The molecule has 0 radical (unpaired) electrons. The number of esters is 1. The lowest BCUT2D eigenvalue weighted by molar-refractivity contribution is 0.0401. The summed E-state index contributed by atoms with van der Waals surface area (Å²) in [5.74, 6) is -0.767. The molecule has 82 valence electrons. The van der Waals surface area contributed by atoms with Gasteiger partial charge in [0.05, 0.1) is 12.2 Å². The van der Waals surface area contributed by atoms with Crippen molar-refractivity contribution in [3.05, 3.63) is 30.1 Å². The number of rotatable bonds is 2. The van der Waals surface area contributed by atoms with Crippen molar-refractivity contribution in [3.8, 4) is 0 Å². The number of carbonyl (C=O) groups excluding carboxylic acids is 2. The summed E-state index contributed by atoms with van der Waals surface area (Å²) < 4.78 is 8.77. The molecular formula is C9H10ClNO4. The SMILES string of the molecule is CCOC(=O)OC(=O)c1cccnc1.Cl. The maximum absolute atomic E-state index is 11.2. The van der Waals surface area contributed by atoms with E-state index in [4.69, 9.17) is 0 Å². The minimum absolute atomic E-state index is 0. The summed E-state index contributed by atoms with van der Waals surface area (Å²) in [5.41, 5.74) is 0.209. The second-order valence-corrected chi connectivity index (χ2v) is 2.31. The van der Waals surface area contributed by atoms with E-state index in [1.165, 1.54) is 18.5 Å². The molecule has 0 spiro atoms. The first-order chi connectivity index (χ1) is 6.74. The van der Waals surface area contributed by atoms with E-state index in [0.29, 0.717) is 0 Å². The van der Waals surface area contributed by atoms with Gasteiger partial charge in [0.25, 0.3) is 0 Å². The van der Waals surface area contributed by atoms with E-state index in [9.17, 15) is 9.59 Å². The van der Waals surface area contributed by atoms with Gasteiger partial charge in [-0.05, 0) is 19.1 Å². The summed E-state index contributed by atoms with van der Waals surface area (Å²) in [6.07, 6.45) is 1.82. The molecule has 1 rings (SSSR count). The van der Waals surface area contributed by atoms with E-state index in [0.717, 1.165) is 0 Å². The van der Waals surface area contributed by atoms with Crippen LogP contribution in [0.3, 0.4) is 0 Å². The van der Waals surface area contributed by atoms with Gasteiger partial charge in [-0.3, -0.25) is 4.98 Å². The highest BCUT2D eigenvalue weighted by molar-refractivity contribution is 5.94. The number of ether oxygens (including phenoxy) is 2. The first kappa shape index (κ1) is 13.4. The molecule has 0 aromatic carbocycles. The summed E-state index contributed by atoms with van der Waals surface area (Å²) in [6, 6.07) is 3.07. The van der Waals surface area contributed by atoms with Crippen LogP contribution >= 0.6 is 12.4 Å². The third-order valence-corrected chi connectivity index (χ3v) is 1.34. The van der Waals surface area contributed by atoms with Crippen LogP contribution in [0.4, 0.5) is 4.79 Å². The van der Waals surface area contributed by atoms with E-state index in [-0.39, 0.29) is 24.6 Å². The van der Waals surface area contributed by atoms with Crippen molar-refractivity contribution in [2.24, 2.45) is 0 Å². The normalized spacial score (nSPS) is 8.60. The van der Waals surface area contributed by atoms with Crippen LogP contribution in [0.15, 0.2) is 24.5 Å². The van der Waals surface area contributed by atoms with Crippen LogP contribution < -0.4 is 0 Å². The summed E-state index contributed by atoms with van der Waals surface area (Å²) in [7, 11) is 0. The molecule has 6 heteroatoms. The van der Waals surface area contributed by atoms with Crippen molar-refractivity contribution >= 4 is 24.5 Å². The Kier molecular flexibility index (Phi) is 6.05. The van der Waals surface area contributed by atoms with Crippen LogP contribution in [0.5, 0.6) is 0 Å². The Morgan fingerprint density at radius 3 is 2.73 bits per heavy atom. The quantitative estimate of drug-likeness (QED) is 0.574. The van der Waals surface area contributed by atoms with Gasteiger partial charge in [0.15, 0.2) is 0 Å². The topological polar surface area (TPSA) is 65.5 Å². The molecule has 0 N–H and O–H groups in total. The lowest BCUT2D eigenvalue weighted by atomic mass is 10.3. The standard InChI is InChI=1S/C9H9NO4.ClH/c1-2-13-9(12)14-8(11)7-4-3-5-10-6-7;/h3-6H,2H2,1H3;1H. The number of aromatic nitrogens is 1. The molecule has 1 aromatic rings. The van der Waals surface area contributed by atoms with Crippen molar-refractivity contribution in [2.75, 3.05) is 6.61 Å². The van der Waals surface area contributed by atoms with Crippen molar-refractivity contribution in [2.45, 2.75) is 6.92 Å². The van der Waals surface area contributed by atoms with Gasteiger partial charge in [-0.15, -0.1) is 12.4 Å². The van der Waals surface area contributed by atoms with Crippen LogP contribution in [-0.4, -0.2) is 23.7 Å². The third kappa shape index (κ3) is 4.42. The zero-order valence-corrected chi connectivity index (χ0v) is 8.82. The number of hydrogen-bond acceptors (Lipinski definition) is 5. The molecule has 0 saturated carbocycles. The molecular weight excluding hydrogens is 222 g/mol. The number of hydrogen-bond donors (Lipinski definition) is 0. The van der Waals surface area contributed by atoms with Crippen molar-refractivity contribution in [1.29, 1.82) is 0 Å². The van der Waals surface area contributed by atoms with Gasteiger partial charge in [0, 0.05) is 12.4 Å². The first-order valence-corrected chi connectivity index (χ1v) is 4.03. The predicted molar refractivity (Wildman–Crippen MR) is 53.9 cm³/mol. The van der Waals surface area contributed by atoms with E-state index in [1.807, 2.05) is 0 Å². The summed E-state index contributed by atoms with van der Waals surface area (Å²) in [6.45, 7) is 1.79. The Morgan fingerprint density at radius 1 is 1.47 bits per heavy atom. The number of halogens is 1. The van der Waals surface area contributed by atoms with Gasteiger partial charge in [0.2, 0.25) is 0 Å². The molecule has 0 aliphatic heterocycles. The van der Waals surface area contributed by atoms with Crippen molar-refractivity contribution in [1.82, 2.24) is 4.98 Å². The van der Waals surface area contributed by atoms with Crippen LogP contribution in [0.1, 0.15) is 17.3 Å². The predicted octanol–water partition coefficient (Wildman–Crippen LogP) is 1.82. The smallest absolute Gasteiger partial charge is 0.434 e. The molecule has 0 bridgehead atoms. The van der Waals surface area contributed by atoms with E-state index in [2.05, 4.69) is 14.5 Å². The molecule has 0 aliphatic rings. The molecule has 15 heavy (non-hydrogen) atoms. The minimum atomic E-state index is -0.999. The van der Waals surface area contributed by atoms with Crippen molar-refractivity contribution in [3.63, 3.8) is 0 Å². The molecule has 0 atom stereocenters. The fraction of sp³-hybridized carbons (Fsp3) is 0.222. The van der Waals surface area contributed by atoms with E-state index >= 15 is 0 Å². The average molecular weight is 232 g/mol. The highest BCUT2D eigenvalue weighted by Gasteiger charge is 2.12. The monoisotopic (exact) mass is 231 g/mol. The summed E-state index contributed by atoms with van der Waals surface area (Å²) in [4.78, 5) is 25.6. The molecule has 1 aromatic heterocycles. The maximum Gasteiger partial charge on any atom is 0.516 e. The van der Waals surface area contributed by atoms with Gasteiger partial charge in [-0.2, -0.15) is 0 Å².